The Morgan fingerprint density at radius 3 is 2.37 bits per heavy atom. The normalized spacial score (nSPS) is 20.6. The highest BCUT2D eigenvalue weighted by Gasteiger charge is 2.40. The summed E-state index contributed by atoms with van der Waals surface area (Å²) in [6.45, 7) is 1.37. The third-order valence-electron chi connectivity index (χ3n) is 7.48. The molecule has 2 aliphatic heterocycles. The topological polar surface area (TPSA) is 42.0 Å². The monoisotopic (exact) mass is 466 g/mol. The van der Waals surface area contributed by atoms with Crippen molar-refractivity contribution in [2.75, 3.05) is 38.8 Å². The summed E-state index contributed by atoms with van der Waals surface area (Å²) < 4.78 is 11.8. The number of hydrogen-bond acceptors (Lipinski definition) is 4. The molecular formula is C30H30N2O3. The van der Waals surface area contributed by atoms with E-state index in [0.29, 0.717) is 19.8 Å². The first-order chi connectivity index (χ1) is 17.1. The Hall–Kier alpha value is -3.57. The average molecular weight is 467 g/mol. The lowest BCUT2D eigenvalue weighted by atomic mass is 9.90. The van der Waals surface area contributed by atoms with Crippen LogP contribution in [0.3, 0.4) is 0 Å². The molecule has 3 aromatic rings. The molecule has 5 heteroatoms. The maximum Gasteiger partial charge on any atom is 0.410 e. The average Bonchev–Trinajstić information content (AvgIpc) is 3.20. The number of benzene rings is 3. The predicted molar refractivity (Wildman–Crippen MR) is 139 cm³/mol. The van der Waals surface area contributed by atoms with Crippen molar-refractivity contribution >= 4 is 17.4 Å². The molecule has 1 aliphatic carbocycles. The maximum atomic E-state index is 13.4. The molecule has 3 aromatic carbocycles. The number of fused-ring (bicyclic) bond motifs is 5. The van der Waals surface area contributed by atoms with Crippen molar-refractivity contribution < 1.29 is 14.3 Å². The summed E-state index contributed by atoms with van der Waals surface area (Å²) >= 11 is 0. The molecular weight excluding hydrogens is 436 g/mol. The van der Waals surface area contributed by atoms with Gasteiger partial charge < -0.3 is 14.4 Å². The molecule has 0 N–H and O–H groups in total. The molecule has 2 atom stereocenters. The largest absolute Gasteiger partial charge is 0.448 e. The van der Waals surface area contributed by atoms with Crippen LogP contribution in [-0.4, -0.2) is 57.0 Å². The minimum Gasteiger partial charge on any atom is -0.448 e. The van der Waals surface area contributed by atoms with E-state index in [4.69, 9.17) is 9.47 Å². The molecule has 2 unspecified atom stereocenters. The van der Waals surface area contributed by atoms with Gasteiger partial charge in [0.1, 0.15) is 6.61 Å². The fraction of sp³-hybridized carbons (Fsp3) is 0.300. The van der Waals surface area contributed by atoms with Crippen LogP contribution in [0.1, 0.15) is 29.0 Å². The zero-order valence-corrected chi connectivity index (χ0v) is 20.2. The van der Waals surface area contributed by atoms with Crippen molar-refractivity contribution in [2.45, 2.75) is 24.4 Å². The van der Waals surface area contributed by atoms with Crippen molar-refractivity contribution in [1.82, 2.24) is 4.90 Å². The summed E-state index contributed by atoms with van der Waals surface area (Å²) in [6.07, 6.45) is 2.70. The summed E-state index contributed by atoms with van der Waals surface area (Å²) in [5.41, 5.74) is 8.58. The van der Waals surface area contributed by atoms with Crippen LogP contribution in [0.2, 0.25) is 0 Å². The van der Waals surface area contributed by atoms with Crippen molar-refractivity contribution in [3.8, 4) is 11.1 Å². The zero-order chi connectivity index (χ0) is 23.9. The third kappa shape index (κ3) is 3.90. The Kier molecular flexibility index (Phi) is 5.57. The van der Waals surface area contributed by atoms with Crippen LogP contribution in [0, 0.1) is 0 Å². The Balaban J connectivity index is 1.21. The maximum absolute atomic E-state index is 13.4. The van der Waals surface area contributed by atoms with Crippen LogP contribution in [0.5, 0.6) is 0 Å². The highest BCUT2D eigenvalue weighted by molar-refractivity contribution is 5.79. The fourth-order valence-electron chi connectivity index (χ4n) is 5.75. The van der Waals surface area contributed by atoms with E-state index in [1.165, 1.54) is 39.1 Å². The summed E-state index contributed by atoms with van der Waals surface area (Å²) in [4.78, 5) is 17.4. The SMILES string of the molecule is CN(C)c1cccc(C2=CC3COCC(C2)N3C(=O)OCC2c3ccccc3-c3ccccc32)c1. The van der Waals surface area contributed by atoms with Crippen molar-refractivity contribution in [3.63, 3.8) is 0 Å². The number of hydrogen-bond donors (Lipinski definition) is 0. The number of anilines is 1. The lowest BCUT2D eigenvalue weighted by Gasteiger charge is -2.44. The Morgan fingerprint density at radius 1 is 0.971 bits per heavy atom. The van der Waals surface area contributed by atoms with Gasteiger partial charge in [-0.1, -0.05) is 66.7 Å². The van der Waals surface area contributed by atoms with Crippen LogP contribution in [0.25, 0.3) is 16.7 Å². The van der Waals surface area contributed by atoms with Gasteiger partial charge in [-0.2, -0.15) is 0 Å². The molecule has 2 bridgehead atoms. The third-order valence-corrected chi connectivity index (χ3v) is 7.48. The summed E-state index contributed by atoms with van der Waals surface area (Å²) in [7, 11) is 4.10. The quantitative estimate of drug-likeness (QED) is 0.505. The second-order valence-electron chi connectivity index (χ2n) is 9.81. The number of rotatable bonds is 4. The standard InChI is InChI=1S/C30H30N2O3/c1-31(2)22-9-7-8-20(14-22)21-15-23-17-34-18-24(16-21)32(23)30(33)35-19-29-27-12-5-3-10-25(27)26-11-4-6-13-28(26)29/h3-15,23-24,29H,16-19H2,1-2H3. The molecule has 0 aromatic heterocycles. The second kappa shape index (κ2) is 8.90. The first-order valence-electron chi connectivity index (χ1n) is 12.3. The van der Waals surface area contributed by atoms with E-state index in [1.807, 2.05) is 4.90 Å². The van der Waals surface area contributed by atoms with Gasteiger partial charge in [-0.05, 0) is 51.9 Å². The first-order valence-corrected chi connectivity index (χ1v) is 12.3. The first kappa shape index (κ1) is 21.9. The highest BCUT2D eigenvalue weighted by Crippen LogP contribution is 2.44. The highest BCUT2D eigenvalue weighted by atomic mass is 16.6. The lowest BCUT2D eigenvalue weighted by Crippen LogP contribution is -2.56. The van der Waals surface area contributed by atoms with Gasteiger partial charge in [-0.15, -0.1) is 0 Å². The van der Waals surface area contributed by atoms with Gasteiger partial charge in [0.05, 0.1) is 25.3 Å². The van der Waals surface area contributed by atoms with E-state index in [1.54, 1.807) is 0 Å². The Bertz CT molecular complexity index is 1250. The molecule has 1 fully saturated rings. The predicted octanol–water partition coefficient (Wildman–Crippen LogP) is 5.56. The minimum atomic E-state index is -0.248. The molecule has 1 amide bonds. The van der Waals surface area contributed by atoms with Crippen molar-refractivity contribution in [3.05, 3.63) is 95.6 Å². The molecule has 1 saturated heterocycles. The number of ether oxygens (including phenoxy) is 2. The lowest BCUT2D eigenvalue weighted by molar-refractivity contribution is -0.0331. The summed E-state index contributed by atoms with van der Waals surface area (Å²) in [5.74, 6) is 0.0621. The molecule has 0 radical (unpaired) electrons. The van der Waals surface area contributed by atoms with Crippen LogP contribution in [0.4, 0.5) is 10.5 Å². The van der Waals surface area contributed by atoms with Gasteiger partial charge in [0.2, 0.25) is 0 Å². The Labute approximate surface area is 206 Å². The van der Waals surface area contributed by atoms with Gasteiger partial charge in [0, 0.05) is 25.7 Å². The van der Waals surface area contributed by atoms with Crippen molar-refractivity contribution in [2.24, 2.45) is 0 Å². The van der Waals surface area contributed by atoms with Gasteiger partial charge in [0.25, 0.3) is 0 Å². The summed E-state index contributed by atoms with van der Waals surface area (Å²) in [5, 5.41) is 0. The molecule has 5 nitrogen and oxygen atoms in total. The second-order valence-corrected chi connectivity index (χ2v) is 9.81. The van der Waals surface area contributed by atoms with Crippen LogP contribution >= 0.6 is 0 Å². The van der Waals surface area contributed by atoms with Gasteiger partial charge in [0.15, 0.2) is 0 Å². The number of amides is 1. The fourth-order valence-corrected chi connectivity index (χ4v) is 5.75. The molecule has 178 valence electrons. The number of morpholine rings is 1. The van der Waals surface area contributed by atoms with E-state index < -0.39 is 0 Å². The number of nitrogens with zero attached hydrogens (tertiary/aromatic N) is 2. The molecule has 2 heterocycles. The zero-order valence-electron chi connectivity index (χ0n) is 20.2. The smallest absolute Gasteiger partial charge is 0.410 e. The molecule has 3 aliphatic rings. The number of carbonyl (C=O) groups is 1. The van der Waals surface area contributed by atoms with Gasteiger partial charge in [-0.25, -0.2) is 4.79 Å². The molecule has 0 spiro atoms. The van der Waals surface area contributed by atoms with Gasteiger partial charge in [-0.3, -0.25) is 4.90 Å². The molecule has 6 rings (SSSR count). The summed E-state index contributed by atoms with van der Waals surface area (Å²) in [6, 6.07) is 25.3. The number of carbonyl (C=O) groups excluding carboxylic acids is 1. The van der Waals surface area contributed by atoms with E-state index in [-0.39, 0.29) is 24.1 Å². The van der Waals surface area contributed by atoms with E-state index >= 15 is 0 Å². The van der Waals surface area contributed by atoms with E-state index in [9.17, 15) is 4.79 Å². The van der Waals surface area contributed by atoms with Crippen molar-refractivity contribution in [1.29, 1.82) is 0 Å². The van der Waals surface area contributed by atoms with E-state index in [0.717, 1.165) is 6.42 Å². The van der Waals surface area contributed by atoms with Crippen LogP contribution < -0.4 is 4.90 Å². The Morgan fingerprint density at radius 2 is 1.69 bits per heavy atom. The molecule has 0 saturated carbocycles. The van der Waals surface area contributed by atoms with Crippen LogP contribution in [0.15, 0.2) is 78.9 Å². The van der Waals surface area contributed by atoms with E-state index in [2.05, 4.69) is 97.9 Å². The molecule has 35 heavy (non-hydrogen) atoms. The minimum absolute atomic E-state index is 0.0209. The van der Waals surface area contributed by atoms with Gasteiger partial charge >= 0.3 is 6.09 Å². The van der Waals surface area contributed by atoms with Crippen LogP contribution in [-0.2, 0) is 9.47 Å².